The first-order valence-corrected chi connectivity index (χ1v) is 5.62. The van der Waals surface area contributed by atoms with Crippen LogP contribution in [-0.4, -0.2) is 28.5 Å². The highest BCUT2D eigenvalue weighted by atomic mass is 15.2. The average Bonchev–Trinajstić information content (AvgIpc) is 2.61. The lowest BCUT2D eigenvalue weighted by Crippen LogP contribution is -2.36. The van der Waals surface area contributed by atoms with Crippen LogP contribution in [0, 0.1) is 0 Å². The summed E-state index contributed by atoms with van der Waals surface area (Å²) < 4.78 is 0. The van der Waals surface area contributed by atoms with Crippen LogP contribution in [0.1, 0.15) is 32.0 Å². The van der Waals surface area contributed by atoms with Crippen molar-refractivity contribution in [1.82, 2.24) is 9.88 Å². The van der Waals surface area contributed by atoms with Gasteiger partial charge in [0.05, 0.1) is 11.7 Å². The Bertz CT molecular complexity index is 310. The highest BCUT2D eigenvalue weighted by Gasteiger charge is 2.34. The third kappa shape index (κ3) is 2.03. The van der Waals surface area contributed by atoms with Crippen LogP contribution in [0.5, 0.6) is 0 Å². The lowest BCUT2D eigenvalue weighted by molar-refractivity contribution is 0.195. The zero-order chi connectivity index (χ0) is 10.8. The molecule has 2 rings (SSSR count). The van der Waals surface area contributed by atoms with Crippen LogP contribution in [-0.2, 0) is 0 Å². The van der Waals surface area contributed by atoms with Crippen molar-refractivity contribution in [3.63, 3.8) is 0 Å². The molecule has 0 aromatic carbocycles. The molecule has 1 aliphatic rings. The van der Waals surface area contributed by atoms with Crippen molar-refractivity contribution in [2.24, 2.45) is 5.73 Å². The van der Waals surface area contributed by atoms with Gasteiger partial charge in [-0.05, 0) is 32.4 Å². The van der Waals surface area contributed by atoms with Gasteiger partial charge in [-0.1, -0.05) is 6.07 Å². The van der Waals surface area contributed by atoms with Crippen molar-refractivity contribution < 1.29 is 0 Å². The molecule has 0 aliphatic carbocycles. The molecule has 2 heterocycles. The van der Waals surface area contributed by atoms with E-state index in [4.69, 9.17) is 5.73 Å². The molecule has 1 saturated heterocycles. The molecular weight excluding hydrogens is 186 g/mol. The molecule has 1 fully saturated rings. The van der Waals surface area contributed by atoms with Gasteiger partial charge < -0.3 is 5.73 Å². The first-order valence-electron chi connectivity index (χ1n) is 5.62. The fourth-order valence-corrected chi connectivity index (χ4v) is 2.36. The number of hydrogen-bond donors (Lipinski definition) is 1. The van der Waals surface area contributed by atoms with Crippen molar-refractivity contribution in [3.8, 4) is 0 Å². The summed E-state index contributed by atoms with van der Waals surface area (Å²) >= 11 is 0. The number of nitrogens with zero attached hydrogens (tertiary/aromatic N) is 2. The van der Waals surface area contributed by atoms with Crippen molar-refractivity contribution in [3.05, 3.63) is 30.1 Å². The van der Waals surface area contributed by atoms with Gasteiger partial charge in [0.1, 0.15) is 0 Å². The second kappa shape index (κ2) is 4.29. The third-order valence-electron chi connectivity index (χ3n) is 3.14. The lowest BCUT2D eigenvalue weighted by atomic mass is 10.1. The van der Waals surface area contributed by atoms with E-state index >= 15 is 0 Å². The Kier molecular flexibility index (Phi) is 3.03. The Balaban J connectivity index is 2.25. The summed E-state index contributed by atoms with van der Waals surface area (Å²) in [4.78, 5) is 6.86. The Morgan fingerprint density at radius 1 is 1.47 bits per heavy atom. The largest absolute Gasteiger partial charge is 0.326 e. The van der Waals surface area contributed by atoms with Gasteiger partial charge in [0.25, 0.3) is 0 Å². The minimum Gasteiger partial charge on any atom is -0.326 e. The SMILES string of the molecule is CC(C)N1CC[C@@H](N)[C@@H]1c1ccccn1. The number of likely N-dealkylation sites (tertiary alicyclic amines) is 1. The summed E-state index contributed by atoms with van der Waals surface area (Å²) in [6, 6.07) is 7.11. The van der Waals surface area contributed by atoms with Gasteiger partial charge >= 0.3 is 0 Å². The van der Waals surface area contributed by atoms with E-state index in [1.165, 1.54) is 0 Å². The third-order valence-corrected chi connectivity index (χ3v) is 3.14. The van der Waals surface area contributed by atoms with E-state index in [9.17, 15) is 0 Å². The highest BCUT2D eigenvalue weighted by molar-refractivity contribution is 5.13. The number of aromatic nitrogens is 1. The summed E-state index contributed by atoms with van der Waals surface area (Å²) in [5, 5.41) is 0. The monoisotopic (exact) mass is 205 g/mol. The molecule has 0 amide bonds. The van der Waals surface area contributed by atoms with Crippen molar-refractivity contribution in [1.29, 1.82) is 0 Å². The maximum Gasteiger partial charge on any atom is 0.0676 e. The zero-order valence-electron chi connectivity index (χ0n) is 9.43. The molecule has 15 heavy (non-hydrogen) atoms. The van der Waals surface area contributed by atoms with Gasteiger partial charge in [-0.25, -0.2) is 0 Å². The molecule has 1 aromatic heterocycles. The maximum atomic E-state index is 6.16. The predicted molar refractivity (Wildman–Crippen MR) is 61.4 cm³/mol. The molecule has 2 atom stereocenters. The van der Waals surface area contributed by atoms with Crippen molar-refractivity contribution in [2.45, 2.75) is 38.4 Å². The maximum absolute atomic E-state index is 6.16. The number of nitrogens with two attached hydrogens (primary N) is 1. The predicted octanol–water partition coefficient (Wildman–Crippen LogP) is 1.56. The van der Waals surface area contributed by atoms with E-state index in [1.54, 1.807) is 0 Å². The first-order chi connectivity index (χ1) is 7.20. The molecular formula is C12H19N3. The lowest BCUT2D eigenvalue weighted by Gasteiger charge is -2.29. The van der Waals surface area contributed by atoms with E-state index in [-0.39, 0.29) is 6.04 Å². The van der Waals surface area contributed by atoms with E-state index < -0.39 is 0 Å². The molecule has 0 bridgehead atoms. The minimum absolute atomic E-state index is 0.224. The molecule has 0 saturated carbocycles. The minimum atomic E-state index is 0.224. The van der Waals surface area contributed by atoms with Crippen molar-refractivity contribution >= 4 is 0 Å². The number of rotatable bonds is 2. The van der Waals surface area contributed by atoms with Crippen LogP contribution < -0.4 is 5.73 Å². The second-order valence-corrected chi connectivity index (χ2v) is 4.48. The van der Waals surface area contributed by atoms with E-state index in [0.717, 1.165) is 18.7 Å². The average molecular weight is 205 g/mol. The molecule has 0 unspecified atom stereocenters. The topological polar surface area (TPSA) is 42.1 Å². The summed E-state index contributed by atoms with van der Waals surface area (Å²) in [6.45, 7) is 5.52. The van der Waals surface area contributed by atoms with Gasteiger partial charge in [0.15, 0.2) is 0 Å². The van der Waals surface area contributed by atoms with Crippen LogP contribution in [0.2, 0.25) is 0 Å². The fourth-order valence-electron chi connectivity index (χ4n) is 2.36. The van der Waals surface area contributed by atoms with E-state index in [0.29, 0.717) is 12.1 Å². The summed E-state index contributed by atoms with van der Waals surface area (Å²) in [5.41, 5.74) is 7.27. The normalized spacial score (nSPS) is 27.5. The highest BCUT2D eigenvalue weighted by Crippen LogP contribution is 2.31. The Hall–Kier alpha value is -0.930. The van der Waals surface area contributed by atoms with Gasteiger partial charge in [0, 0.05) is 24.8 Å². The molecule has 82 valence electrons. The zero-order valence-corrected chi connectivity index (χ0v) is 9.43. The smallest absolute Gasteiger partial charge is 0.0676 e. The Labute approximate surface area is 91.3 Å². The van der Waals surface area contributed by atoms with Crippen molar-refractivity contribution in [2.75, 3.05) is 6.54 Å². The first kappa shape index (κ1) is 10.6. The number of hydrogen-bond acceptors (Lipinski definition) is 3. The Morgan fingerprint density at radius 2 is 2.27 bits per heavy atom. The molecule has 0 spiro atoms. The summed E-state index contributed by atoms with van der Waals surface area (Å²) in [5.74, 6) is 0. The summed E-state index contributed by atoms with van der Waals surface area (Å²) in [7, 11) is 0. The van der Waals surface area contributed by atoms with Crippen LogP contribution in [0.25, 0.3) is 0 Å². The number of pyridine rings is 1. The van der Waals surface area contributed by atoms with Crippen LogP contribution in [0.4, 0.5) is 0 Å². The van der Waals surface area contributed by atoms with E-state index in [2.05, 4.69) is 29.8 Å². The van der Waals surface area contributed by atoms with Crippen LogP contribution in [0.3, 0.4) is 0 Å². The second-order valence-electron chi connectivity index (χ2n) is 4.48. The van der Waals surface area contributed by atoms with Crippen LogP contribution in [0.15, 0.2) is 24.4 Å². The van der Waals surface area contributed by atoms with Gasteiger partial charge in [-0.15, -0.1) is 0 Å². The fraction of sp³-hybridized carbons (Fsp3) is 0.583. The summed E-state index contributed by atoms with van der Waals surface area (Å²) in [6.07, 6.45) is 2.91. The standard InChI is InChI=1S/C12H19N3/c1-9(2)15-8-6-10(13)12(15)11-5-3-4-7-14-11/h3-5,7,9-10,12H,6,8,13H2,1-2H3/t10-,12-/m1/s1. The van der Waals surface area contributed by atoms with E-state index in [1.807, 2.05) is 18.3 Å². The Morgan fingerprint density at radius 3 is 2.87 bits per heavy atom. The molecule has 1 aromatic rings. The van der Waals surface area contributed by atoms with Crippen LogP contribution >= 0.6 is 0 Å². The quantitative estimate of drug-likeness (QED) is 0.796. The van der Waals surface area contributed by atoms with Gasteiger partial charge in [-0.3, -0.25) is 9.88 Å². The molecule has 2 N–H and O–H groups in total. The molecule has 3 nitrogen and oxygen atoms in total. The molecule has 1 aliphatic heterocycles. The molecule has 3 heteroatoms. The molecule has 0 radical (unpaired) electrons. The van der Waals surface area contributed by atoms with Gasteiger partial charge in [-0.2, -0.15) is 0 Å². The van der Waals surface area contributed by atoms with Gasteiger partial charge in [0.2, 0.25) is 0 Å².